The zero-order chi connectivity index (χ0) is 8.81. The van der Waals surface area contributed by atoms with E-state index in [0.29, 0.717) is 5.75 Å². The molecule has 1 atom stereocenters. The summed E-state index contributed by atoms with van der Waals surface area (Å²) in [6.07, 6.45) is 0.970. The summed E-state index contributed by atoms with van der Waals surface area (Å²) in [7, 11) is 0. The van der Waals surface area contributed by atoms with Gasteiger partial charge in [0.15, 0.2) is 6.23 Å². The monoisotopic (exact) mass is 163 g/mol. The van der Waals surface area contributed by atoms with Crippen molar-refractivity contribution in [3.63, 3.8) is 0 Å². The summed E-state index contributed by atoms with van der Waals surface area (Å²) >= 11 is 0. The van der Waals surface area contributed by atoms with Crippen molar-refractivity contribution in [2.45, 2.75) is 13.2 Å². The summed E-state index contributed by atoms with van der Waals surface area (Å²) < 4.78 is 5.23. The van der Waals surface area contributed by atoms with Crippen LogP contribution in [0.15, 0.2) is 35.3 Å². The fourth-order valence-corrected chi connectivity index (χ4v) is 0.797. The molecule has 1 aromatic rings. The summed E-state index contributed by atoms with van der Waals surface area (Å²) in [4.78, 5) is 13.2. The van der Waals surface area contributed by atoms with E-state index >= 15 is 0 Å². The van der Waals surface area contributed by atoms with Crippen LogP contribution in [0.4, 0.5) is 0 Å². The van der Waals surface area contributed by atoms with Crippen molar-refractivity contribution in [2.75, 3.05) is 0 Å². The summed E-state index contributed by atoms with van der Waals surface area (Å²) in [6.45, 7) is 1.68. The molecule has 0 amide bonds. The Morgan fingerprint density at radius 3 is 2.67 bits per heavy atom. The number of isocyanates is 1. The number of carbonyl (C=O) groups excluding carboxylic acids is 1. The van der Waals surface area contributed by atoms with E-state index in [4.69, 9.17) is 4.74 Å². The quantitative estimate of drug-likeness (QED) is 0.503. The molecule has 1 unspecified atom stereocenters. The minimum Gasteiger partial charge on any atom is -0.468 e. The Bertz CT molecular complexity index is 278. The third-order valence-electron chi connectivity index (χ3n) is 1.28. The Labute approximate surface area is 70.7 Å². The van der Waals surface area contributed by atoms with Crippen LogP contribution in [0.2, 0.25) is 0 Å². The van der Waals surface area contributed by atoms with Crippen LogP contribution in [-0.4, -0.2) is 12.3 Å². The summed E-state index contributed by atoms with van der Waals surface area (Å²) in [5, 5.41) is 0. The van der Waals surface area contributed by atoms with E-state index in [1.807, 2.05) is 18.2 Å². The van der Waals surface area contributed by atoms with Crippen LogP contribution in [0.3, 0.4) is 0 Å². The van der Waals surface area contributed by atoms with Gasteiger partial charge in [-0.15, -0.1) is 0 Å². The maximum Gasteiger partial charge on any atom is 0.238 e. The maximum atomic E-state index is 9.83. The van der Waals surface area contributed by atoms with E-state index in [2.05, 4.69) is 4.99 Å². The molecule has 0 saturated heterocycles. The van der Waals surface area contributed by atoms with Gasteiger partial charge in [-0.3, -0.25) is 0 Å². The van der Waals surface area contributed by atoms with Gasteiger partial charge in [0, 0.05) is 0 Å². The molecule has 62 valence electrons. The van der Waals surface area contributed by atoms with Crippen molar-refractivity contribution in [2.24, 2.45) is 4.99 Å². The molecule has 0 N–H and O–H groups in total. The first kappa shape index (κ1) is 8.50. The average molecular weight is 163 g/mol. The van der Waals surface area contributed by atoms with Gasteiger partial charge in [0.2, 0.25) is 6.08 Å². The Morgan fingerprint density at radius 1 is 1.42 bits per heavy atom. The molecule has 1 aromatic carbocycles. The van der Waals surface area contributed by atoms with Crippen LogP contribution in [0.1, 0.15) is 6.92 Å². The van der Waals surface area contributed by atoms with Crippen LogP contribution in [0.5, 0.6) is 5.75 Å². The Morgan fingerprint density at radius 2 is 2.08 bits per heavy atom. The minimum atomic E-state index is -0.468. The first-order chi connectivity index (χ1) is 5.83. The molecule has 0 aromatic heterocycles. The number of aliphatic imine (C=N–C) groups is 1. The number of ether oxygens (including phenoxy) is 1. The fourth-order valence-electron chi connectivity index (χ4n) is 0.797. The lowest BCUT2D eigenvalue weighted by Crippen LogP contribution is -2.07. The third kappa shape index (κ3) is 2.56. The molecule has 0 aliphatic carbocycles. The largest absolute Gasteiger partial charge is 0.468 e. The van der Waals surface area contributed by atoms with Gasteiger partial charge in [0.05, 0.1) is 0 Å². The van der Waals surface area contributed by atoms with E-state index < -0.39 is 6.23 Å². The van der Waals surface area contributed by atoms with Crippen molar-refractivity contribution >= 4 is 6.08 Å². The lowest BCUT2D eigenvalue weighted by molar-refractivity contribution is 0.232. The van der Waals surface area contributed by atoms with Crippen LogP contribution in [-0.2, 0) is 4.79 Å². The van der Waals surface area contributed by atoms with Crippen LogP contribution in [0, 0.1) is 0 Å². The average Bonchev–Trinajstić information content (AvgIpc) is 2.06. The molecular formula is C9H9NO2. The maximum absolute atomic E-state index is 9.83. The zero-order valence-electron chi connectivity index (χ0n) is 6.73. The first-order valence-corrected chi connectivity index (χ1v) is 3.61. The van der Waals surface area contributed by atoms with Gasteiger partial charge in [0.25, 0.3) is 0 Å². The highest BCUT2D eigenvalue weighted by atomic mass is 16.5. The van der Waals surface area contributed by atoms with E-state index in [9.17, 15) is 4.79 Å². The van der Waals surface area contributed by atoms with Gasteiger partial charge < -0.3 is 4.74 Å². The Balaban J connectivity index is 2.58. The third-order valence-corrected chi connectivity index (χ3v) is 1.28. The molecule has 0 aliphatic rings. The zero-order valence-corrected chi connectivity index (χ0v) is 6.73. The second-order valence-corrected chi connectivity index (χ2v) is 2.25. The van der Waals surface area contributed by atoms with Crippen molar-refractivity contribution in [1.82, 2.24) is 0 Å². The van der Waals surface area contributed by atoms with Crippen molar-refractivity contribution in [3.05, 3.63) is 30.3 Å². The second kappa shape index (κ2) is 4.31. The van der Waals surface area contributed by atoms with Gasteiger partial charge in [0.1, 0.15) is 5.75 Å². The molecule has 0 aliphatic heterocycles. The molecular weight excluding hydrogens is 154 g/mol. The van der Waals surface area contributed by atoms with Crippen LogP contribution < -0.4 is 4.74 Å². The molecule has 0 fully saturated rings. The normalized spacial score (nSPS) is 11.4. The Hall–Kier alpha value is -1.60. The number of rotatable bonds is 3. The molecule has 1 rings (SSSR count). The van der Waals surface area contributed by atoms with Crippen molar-refractivity contribution in [1.29, 1.82) is 0 Å². The topological polar surface area (TPSA) is 38.7 Å². The minimum absolute atomic E-state index is 0.468. The van der Waals surface area contributed by atoms with Gasteiger partial charge in [-0.1, -0.05) is 18.2 Å². The molecule has 0 bridgehead atoms. The molecule has 0 spiro atoms. The van der Waals surface area contributed by atoms with E-state index in [0.717, 1.165) is 0 Å². The predicted octanol–water partition coefficient (Wildman–Crippen LogP) is 1.75. The molecule has 3 heteroatoms. The number of para-hydroxylation sites is 1. The van der Waals surface area contributed by atoms with E-state index in [1.54, 1.807) is 19.1 Å². The lowest BCUT2D eigenvalue weighted by Gasteiger charge is -2.07. The standard InChI is InChI=1S/C9H9NO2/c1-8(10-7-11)12-9-5-3-2-4-6-9/h2-6,8H,1H3. The summed E-state index contributed by atoms with van der Waals surface area (Å²) in [6, 6.07) is 9.20. The SMILES string of the molecule is CC(N=C=O)Oc1ccccc1. The fraction of sp³-hybridized carbons (Fsp3) is 0.222. The van der Waals surface area contributed by atoms with E-state index in [1.165, 1.54) is 6.08 Å². The number of hydrogen-bond donors (Lipinski definition) is 0. The number of hydrogen-bond acceptors (Lipinski definition) is 3. The van der Waals surface area contributed by atoms with Gasteiger partial charge in [-0.2, -0.15) is 4.99 Å². The number of benzene rings is 1. The van der Waals surface area contributed by atoms with Crippen molar-refractivity contribution in [3.8, 4) is 5.75 Å². The predicted molar refractivity (Wildman–Crippen MR) is 44.7 cm³/mol. The van der Waals surface area contributed by atoms with Gasteiger partial charge >= 0.3 is 0 Å². The van der Waals surface area contributed by atoms with Gasteiger partial charge in [-0.05, 0) is 19.1 Å². The number of nitrogens with zero attached hydrogens (tertiary/aromatic N) is 1. The highest BCUT2D eigenvalue weighted by Crippen LogP contribution is 2.10. The van der Waals surface area contributed by atoms with Crippen molar-refractivity contribution < 1.29 is 9.53 Å². The van der Waals surface area contributed by atoms with E-state index in [-0.39, 0.29) is 0 Å². The second-order valence-electron chi connectivity index (χ2n) is 2.25. The Kier molecular flexibility index (Phi) is 3.05. The van der Waals surface area contributed by atoms with Crippen LogP contribution >= 0.6 is 0 Å². The first-order valence-electron chi connectivity index (χ1n) is 3.61. The molecule has 0 saturated carbocycles. The van der Waals surface area contributed by atoms with Crippen LogP contribution in [0.25, 0.3) is 0 Å². The smallest absolute Gasteiger partial charge is 0.238 e. The molecule has 0 radical (unpaired) electrons. The molecule has 0 heterocycles. The molecule has 12 heavy (non-hydrogen) atoms. The lowest BCUT2D eigenvalue weighted by atomic mass is 10.3. The summed E-state index contributed by atoms with van der Waals surface area (Å²) in [5.41, 5.74) is 0. The molecule has 3 nitrogen and oxygen atoms in total. The highest BCUT2D eigenvalue weighted by molar-refractivity contribution is 5.33. The summed E-state index contributed by atoms with van der Waals surface area (Å²) in [5.74, 6) is 0.698. The van der Waals surface area contributed by atoms with Gasteiger partial charge in [-0.25, -0.2) is 4.79 Å². The highest BCUT2D eigenvalue weighted by Gasteiger charge is 1.98.